The highest BCUT2D eigenvalue weighted by Crippen LogP contribution is 2.20. The fraction of sp³-hybridized carbons (Fsp3) is 0.500. The van der Waals surface area contributed by atoms with Crippen molar-refractivity contribution in [1.82, 2.24) is 4.98 Å². The molecule has 1 heterocycles. The van der Waals surface area contributed by atoms with Crippen LogP contribution in [0, 0.1) is 6.92 Å². The Kier molecular flexibility index (Phi) is 8.21. The smallest absolute Gasteiger partial charge is 0.0456 e. The van der Waals surface area contributed by atoms with E-state index in [1.54, 1.807) is 0 Å². The maximum absolute atomic E-state index is 3.30. The van der Waals surface area contributed by atoms with Gasteiger partial charge in [0.1, 0.15) is 0 Å². The fourth-order valence-corrected chi connectivity index (χ4v) is 1.77. The molecule has 1 aromatic heterocycles. The number of aromatic nitrogens is 1. The van der Waals surface area contributed by atoms with Gasteiger partial charge in [0.2, 0.25) is 0 Å². The van der Waals surface area contributed by atoms with Crippen LogP contribution in [0.2, 0.25) is 0 Å². The zero-order valence-electron chi connectivity index (χ0n) is 12.2. The van der Waals surface area contributed by atoms with E-state index in [0.717, 1.165) is 0 Å². The number of hydrogen-bond acceptors (Lipinski definition) is 0. The molecule has 1 aromatic carbocycles. The largest absolute Gasteiger partial charge is 0.361 e. The number of aromatic amines is 1. The topological polar surface area (TPSA) is 15.8 Å². The molecule has 96 valence electrons. The van der Waals surface area contributed by atoms with E-state index in [2.05, 4.69) is 43.2 Å². The molecule has 2 aromatic rings. The molecule has 1 nitrogen and oxygen atoms in total. The molecule has 0 amide bonds. The lowest BCUT2D eigenvalue weighted by atomic mass is 10.1. The maximum Gasteiger partial charge on any atom is 0.0456 e. The number of benzene rings is 1. The van der Waals surface area contributed by atoms with Gasteiger partial charge in [-0.05, 0) is 31.0 Å². The van der Waals surface area contributed by atoms with Crippen molar-refractivity contribution >= 4 is 10.9 Å². The number of rotatable bonds is 2. The number of nitrogens with one attached hydrogen (secondary N) is 1. The van der Waals surface area contributed by atoms with Crippen LogP contribution in [0.15, 0.2) is 24.4 Å². The second-order valence-electron chi connectivity index (χ2n) is 3.61. The molecule has 0 saturated heterocycles. The number of hydrogen-bond donors (Lipinski definition) is 1. The third-order valence-electron chi connectivity index (χ3n) is 2.44. The van der Waals surface area contributed by atoms with Crippen molar-refractivity contribution < 1.29 is 0 Å². The van der Waals surface area contributed by atoms with E-state index >= 15 is 0 Å². The summed E-state index contributed by atoms with van der Waals surface area (Å²) in [7, 11) is 0. The Morgan fingerprint density at radius 2 is 1.71 bits per heavy atom. The van der Waals surface area contributed by atoms with Crippen LogP contribution >= 0.6 is 0 Å². The first-order chi connectivity index (χ1) is 8.31. The van der Waals surface area contributed by atoms with Crippen molar-refractivity contribution in [1.29, 1.82) is 0 Å². The first-order valence-electron chi connectivity index (χ1n) is 6.88. The van der Waals surface area contributed by atoms with Gasteiger partial charge in [-0.25, -0.2) is 0 Å². The Balaban J connectivity index is 0.000000581. The first kappa shape index (κ1) is 15.8. The first-order valence-corrected chi connectivity index (χ1v) is 6.88. The number of H-pyrrole nitrogens is 1. The molecule has 0 fully saturated rings. The van der Waals surface area contributed by atoms with E-state index in [9.17, 15) is 0 Å². The molecule has 1 heteroatoms. The van der Waals surface area contributed by atoms with Crippen LogP contribution in [-0.4, -0.2) is 4.98 Å². The molecule has 17 heavy (non-hydrogen) atoms. The fourth-order valence-electron chi connectivity index (χ4n) is 1.77. The van der Waals surface area contributed by atoms with Crippen molar-refractivity contribution in [3.8, 4) is 0 Å². The third kappa shape index (κ3) is 4.26. The molecule has 0 radical (unpaired) electrons. The molecule has 0 aliphatic rings. The Bertz CT molecular complexity index is 412. The Morgan fingerprint density at radius 3 is 2.29 bits per heavy atom. The van der Waals surface area contributed by atoms with Crippen LogP contribution in [0.1, 0.15) is 52.2 Å². The van der Waals surface area contributed by atoms with E-state index < -0.39 is 0 Å². The highest BCUT2D eigenvalue weighted by molar-refractivity contribution is 5.83. The van der Waals surface area contributed by atoms with Crippen LogP contribution in [0.4, 0.5) is 0 Å². The van der Waals surface area contributed by atoms with Crippen molar-refractivity contribution in [2.24, 2.45) is 0 Å². The molecular weight excluding hydrogens is 206 g/mol. The monoisotopic (exact) mass is 233 g/mol. The normalized spacial score (nSPS) is 9.06. The summed E-state index contributed by atoms with van der Waals surface area (Å²) in [5, 5.41) is 1.39. The average Bonchev–Trinajstić information content (AvgIpc) is 2.78. The molecule has 1 N–H and O–H groups in total. The van der Waals surface area contributed by atoms with Crippen molar-refractivity contribution in [3.63, 3.8) is 0 Å². The van der Waals surface area contributed by atoms with Crippen LogP contribution in [-0.2, 0) is 6.42 Å². The second-order valence-corrected chi connectivity index (χ2v) is 3.61. The molecule has 2 rings (SSSR count). The summed E-state index contributed by atoms with van der Waals surface area (Å²) in [6, 6.07) is 6.56. The van der Waals surface area contributed by atoms with Crippen molar-refractivity contribution in [3.05, 3.63) is 35.5 Å². The minimum absolute atomic E-state index is 1.17. The lowest BCUT2D eigenvalue weighted by molar-refractivity contribution is 0.929. The van der Waals surface area contributed by atoms with Gasteiger partial charge in [0.15, 0.2) is 0 Å². The predicted molar refractivity (Wildman–Crippen MR) is 79.7 cm³/mol. The molecule has 0 saturated carbocycles. The van der Waals surface area contributed by atoms with Crippen LogP contribution in [0.25, 0.3) is 10.9 Å². The van der Waals surface area contributed by atoms with Gasteiger partial charge in [-0.1, -0.05) is 52.7 Å². The second kappa shape index (κ2) is 8.86. The lowest BCUT2D eigenvalue weighted by Crippen LogP contribution is -1.79. The van der Waals surface area contributed by atoms with E-state index in [-0.39, 0.29) is 0 Å². The van der Waals surface area contributed by atoms with Gasteiger partial charge in [0.25, 0.3) is 0 Å². The van der Waals surface area contributed by atoms with Gasteiger partial charge in [0, 0.05) is 17.1 Å². The Labute approximate surface area is 106 Å². The highest BCUT2D eigenvalue weighted by atomic mass is 14.7. The quantitative estimate of drug-likeness (QED) is 0.706. The number of aryl methyl sites for hydroxylation is 2. The van der Waals surface area contributed by atoms with E-state index in [1.165, 1.54) is 34.9 Å². The summed E-state index contributed by atoms with van der Waals surface area (Å²) < 4.78 is 0. The SMILES string of the molecule is CC.CC.CCCc1c[nH]c2ccc(C)cc12. The van der Waals surface area contributed by atoms with Gasteiger partial charge in [-0.3, -0.25) is 0 Å². The molecule has 0 aliphatic heterocycles. The van der Waals surface area contributed by atoms with Gasteiger partial charge >= 0.3 is 0 Å². The molecule has 0 unspecified atom stereocenters. The number of fused-ring (bicyclic) bond motifs is 1. The van der Waals surface area contributed by atoms with Crippen LogP contribution in [0.3, 0.4) is 0 Å². The van der Waals surface area contributed by atoms with Crippen LogP contribution < -0.4 is 0 Å². The summed E-state index contributed by atoms with van der Waals surface area (Å²) in [6.07, 6.45) is 4.51. The average molecular weight is 233 g/mol. The summed E-state index contributed by atoms with van der Waals surface area (Å²) >= 11 is 0. The molecule has 0 aliphatic carbocycles. The van der Waals surface area contributed by atoms with Gasteiger partial charge in [-0.2, -0.15) is 0 Å². The third-order valence-corrected chi connectivity index (χ3v) is 2.44. The summed E-state index contributed by atoms with van der Waals surface area (Å²) in [6.45, 7) is 12.4. The standard InChI is InChI=1S/C12H15N.2C2H6/c1-3-4-10-8-13-12-6-5-9(2)7-11(10)12;2*1-2/h5-8,13H,3-4H2,1-2H3;2*1-2H3. The molecular formula is C16H27N. The van der Waals surface area contributed by atoms with Gasteiger partial charge in [-0.15, -0.1) is 0 Å². The molecule has 0 bridgehead atoms. The van der Waals surface area contributed by atoms with Crippen LogP contribution in [0.5, 0.6) is 0 Å². The van der Waals surface area contributed by atoms with E-state index in [4.69, 9.17) is 0 Å². The molecule has 0 atom stereocenters. The minimum atomic E-state index is 1.17. The summed E-state index contributed by atoms with van der Waals surface area (Å²) in [5.41, 5.74) is 4.04. The Hall–Kier alpha value is -1.24. The van der Waals surface area contributed by atoms with Crippen molar-refractivity contribution in [2.45, 2.75) is 54.4 Å². The van der Waals surface area contributed by atoms with E-state index in [0.29, 0.717) is 0 Å². The molecule has 0 spiro atoms. The predicted octanol–water partition coefficient (Wildman–Crippen LogP) is 5.48. The van der Waals surface area contributed by atoms with E-state index in [1.807, 2.05) is 27.7 Å². The Morgan fingerprint density at radius 1 is 1.06 bits per heavy atom. The summed E-state index contributed by atoms with van der Waals surface area (Å²) in [5.74, 6) is 0. The lowest BCUT2D eigenvalue weighted by Gasteiger charge is -1.96. The van der Waals surface area contributed by atoms with Gasteiger partial charge < -0.3 is 4.98 Å². The highest BCUT2D eigenvalue weighted by Gasteiger charge is 2.01. The van der Waals surface area contributed by atoms with Gasteiger partial charge in [0.05, 0.1) is 0 Å². The maximum atomic E-state index is 3.30. The zero-order valence-corrected chi connectivity index (χ0v) is 12.2. The summed E-state index contributed by atoms with van der Waals surface area (Å²) in [4.78, 5) is 3.30. The van der Waals surface area contributed by atoms with Crippen molar-refractivity contribution in [2.75, 3.05) is 0 Å². The minimum Gasteiger partial charge on any atom is -0.361 e. The zero-order chi connectivity index (χ0) is 13.3.